The number of methoxy groups -OCH3 is 1. The van der Waals surface area contributed by atoms with Crippen LogP contribution in [0.2, 0.25) is 0 Å². The average molecular weight is 362 g/mol. The second kappa shape index (κ2) is 8.18. The van der Waals surface area contributed by atoms with Crippen molar-refractivity contribution in [3.63, 3.8) is 0 Å². The molecular weight excluding hydrogens is 340 g/mol. The summed E-state index contributed by atoms with van der Waals surface area (Å²) in [5, 5.41) is 4.23. The van der Waals surface area contributed by atoms with Crippen molar-refractivity contribution in [1.82, 2.24) is 9.97 Å². The number of hydrazone groups is 1. The monoisotopic (exact) mass is 362 g/mol. The van der Waals surface area contributed by atoms with Crippen LogP contribution in [0.15, 0.2) is 65.8 Å². The number of hydrogen-bond donors (Lipinski definition) is 2. The average Bonchev–Trinajstić information content (AvgIpc) is 2.72. The summed E-state index contributed by atoms with van der Waals surface area (Å²) in [5.74, 6) is 0.854. The fourth-order valence-electron chi connectivity index (χ4n) is 2.44. The van der Waals surface area contributed by atoms with Gasteiger partial charge < -0.3 is 15.4 Å². The zero-order valence-corrected chi connectivity index (χ0v) is 15.5. The first-order valence-corrected chi connectivity index (χ1v) is 8.42. The molecule has 7 nitrogen and oxygen atoms in total. The Kier molecular flexibility index (Phi) is 5.51. The maximum atomic E-state index is 6.09. The molecule has 0 amide bonds. The zero-order chi connectivity index (χ0) is 19.2. The number of hydrogen-bond acceptors (Lipinski definition) is 6. The van der Waals surface area contributed by atoms with E-state index in [0.717, 1.165) is 22.5 Å². The molecule has 0 atom stereocenters. The molecule has 3 aromatic rings. The van der Waals surface area contributed by atoms with E-state index < -0.39 is 0 Å². The minimum absolute atomic E-state index is 0.253. The van der Waals surface area contributed by atoms with Crippen molar-refractivity contribution in [2.75, 3.05) is 31.5 Å². The van der Waals surface area contributed by atoms with Crippen LogP contribution in [0.4, 0.5) is 11.5 Å². The summed E-state index contributed by atoms with van der Waals surface area (Å²) in [7, 11) is 5.50. The molecule has 0 aliphatic rings. The highest BCUT2D eigenvalue weighted by atomic mass is 16.5. The number of nitrogens with one attached hydrogen (secondary N) is 1. The molecule has 0 bridgehead atoms. The molecule has 3 rings (SSSR count). The molecule has 0 saturated heterocycles. The molecule has 1 aromatic heterocycles. The molecule has 0 saturated carbocycles. The van der Waals surface area contributed by atoms with Gasteiger partial charge in [0.2, 0.25) is 0 Å². The van der Waals surface area contributed by atoms with E-state index in [0.29, 0.717) is 11.7 Å². The van der Waals surface area contributed by atoms with Crippen molar-refractivity contribution in [3.8, 4) is 17.3 Å². The maximum absolute atomic E-state index is 6.09. The first kappa shape index (κ1) is 18.2. The van der Waals surface area contributed by atoms with Gasteiger partial charge >= 0.3 is 6.01 Å². The maximum Gasteiger partial charge on any atom is 0.318 e. The van der Waals surface area contributed by atoms with E-state index in [1.165, 1.54) is 7.11 Å². The molecule has 0 unspecified atom stereocenters. The standard InChI is InChI=1S/C20H22N6O/c1-26(2)16-11-9-15(10-12-16)19(21)25-24-18-13-17(22-20(23-18)27-3)14-7-5-4-6-8-14/h4-13H,1-3H3,(H2,21,25)(H,22,23,24). The van der Waals surface area contributed by atoms with Gasteiger partial charge in [0.25, 0.3) is 0 Å². The molecule has 1 heterocycles. The predicted molar refractivity (Wildman–Crippen MR) is 109 cm³/mol. The van der Waals surface area contributed by atoms with Crippen molar-refractivity contribution >= 4 is 17.3 Å². The molecule has 138 valence electrons. The quantitative estimate of drug-likeness (QED) is 0.398. The number of benzene rings is 2. The van der Waals surface area contributed by atoms with Crippen LogP contribution in [0.3, 0.4) is 0 Å². The van der Waals surface area contributed by atoms with Crippen LogP contribution < -0.4 is 20.8 Å². The summed E-state index contributed by atoms with van der Waals surface area (Å²) in [5.41, 5.74) is 12.6. The fourth-order valence-corrected chi connectivity index (χ4v) is 2.44. The van der Waals surface area contributed by atoms with Gasteiger partial charge in [-0.2, -0.15) is 15.1 Å². The van der Waals surface area contributed by atoms with Crippen molar-refractivity contribution in [1.29, 1.82) is 0 Å². The lowest BCUT2D eigenvalue weighted by atomic mass is 10.1. The van der Waals surface area contributed by atoms with Crippen LogP contribution in [0.1, 0.15) is 5.56 Å². The van der Waals surface area contributed by atoms with E-state index in [-0.39, 0.29) is 6.01 Å². The first-order chi connectivity index (χ1) is 13.1. The highest BCUT2D eigenvalue weighted by Gasteiger charge is 2.07. The second-order valence-corrected chi connectivity index (χ2v) is 6.04. The third-order valence-electron chi connectivity index (χ3n) is 3.93. The minimum atomic E-state index is 0.253. The molecule has 0 spiro atoms. The molecule has 0 radical (unpaired) electrons. The summed E-state index contributed by atoms with van der Waals surface area (Å²) < 4.78 is 5.20. The van der Waals surface area contributed by atoms with Gasteiger partial charge in [0.1, 0.15) is 0 Å². The van der Waals surface area contributed by atoms with Crippen molar-refractivity contribution in [2.45, 2.75) is 0 Å². The van der Waals surface area contributed by atoms with Gasteiger partial charge in [-0.1, -0.05) is 30.3 Å². The van der Waals surface area contributed by atoms with Crippen LogP contribution in [-0.4, -0.2) is 37.0 Å². The van der Waals surface area contributed by atoms with Gasteiger partial charge in [0.05, 0.1) is 12.8 Å². The minimum Gasteiger partial charge on any atom is -0.467 e. The summed E-state index contributed by atoms with van der Waals surface area (Å²) in [4.78, 5) is 10.7. The normalized spacial score (nSPS) is 11.1. The van der Waals surface area contributed by atoms with Crippen molar-refractivity contribution in [2.24, 2.45) is 10.8 Å². The molecule has 0 aliphatic heterocycles. The van der Waals surface area contributed by atoms with Crippen LogP contribution >= 0.6 is 0 Å². The smallest absolute Gasteiger partial charge is 0.318 e. The number of nitrogens with two attached hydrogens (primary N) is 1. The van der Waals surface area contributed by atoms with E-state index >= 15 is 0 Å². The van der Waals surface area contributed by atoms with Gasteiger partial charge in [-0.3, -0.25) is 5.43 Å². The third kappa shape index (κ3) is 4.52. The SMILES string of the molecule is COc1nc(N/N=C(\N)c2ccc(N(C)C)cc2)cc(-c2ccccc2)n1. The Morgan fingerprint density at radius 2 is 1.74 bits per heavy atom. The summed E-state index contributed by atoms with van der Waals surface area (Å²) in [6.07, 6.45) is 0. The molecule has 3 N–H and O–H groups in total. The lowest BCUT2D eigenvalue weighted by Crippen LogP contribution is -2.16. The third-order valence-corrected chi connectivity index (χ3v) is 3.93. The zero-order valence-electron chi connectivity index (χ0n) is 15.5. The van der Waals surface area contributed by atoms with Gasteiger partial charge in [0.15, 0.2) is 11.7 Å². The molecule has 7 heteroatoms. The Morgan fingerprint density at radius 3 is 2.37 bits per heavy atom. The highest BCUT2D eigenvalue weighted by Crippen LogP contribution is 2.22. The van der Waals surface area contributed by atoms with E-state index in [9.17, 15) is 0 Å². The second-order valence-electron chi connectivity index (χ2n) is 6.04. The van der Waals surface area contributed by atoms with Crippen LogP contribution in [0.25, 0.3) is 11.3 Å². The number of anilines is 2. The summed E-state index contributed by atoms with van der Waals surface area (Å²) in [6, 6.07) is 19.6. The van der Waals surface area contributed by atoms with Gasteiger partial charge in [-0.15, -0.1) is 0 Å². The number of ether oxygens (including phenoxy) is 1. The molecule has 2 aromatic carbocycles. The topological polar surface area (TPSA) is 88.7 Å². The van der Waals surface area contributed by atoms with Gasteiger partial charge in [-0.25, -0.2) is 0 Å². The van der Waals surface area contributed by atoms with E-state index in [1.807, 2.05) is 73.6 Å². The molecule has 27 heavy (non-hydrogen) atoms. The Hall–Kier alpha value is -3.61. The Morgan fingerprint density at radius 1 is 1.04 bits per heavy atom. The Balaban J connectivity index is 1.83. The van der Waals surface area contributed by atoms with Crippen molar-refractivity contribution < 1.29 is 4.74 Å². The number of nitrogens with zero attached hydrogens (tertiary/aromatic N) is 4. The van der Waals surface area contributed by atoms with E-state index in [4.69, 9.17) is 10.5 Å². The van der Waals surface area contributed by atoms with Crippen LogP contribution in [0, 0.1) is 0 Å². The first-order valence-electron chi connectivity index (χ1n) is 8.42. The highest BCUT2D eigenvalue weighted by molar-refractivity contribution is 5.98. The van der Waals surface area contributed by atoms with Crippen LogP contribution in [0.5, 0.6) is 6.01 Å². The molecule has 0 fully saturated rings. The van der Waals surface area contributed by atoms with Gasteiger partial charge in [-0.05, 0) is 24.3 Å². The molecule has 0 aliphatic carbocycles. The fraction of sp³-hybridized carbons (Fsp3) is 0.150. The van der Waals surface area contributed by atoms with Crippen molar-refractivity contribution in [3.05, 3.63) is 66.2 Å². The molecular formula is C20H22N6O. The van der Waals surface area contributed by atoms with E-state index in [1.54, 1.807) is 6.07 Å². The van der Waals surface area contributed by atoms with Crippen LogP contribution in [-0.2, 0) is 0 Å². The Bertz CT molecular complexity index is 923. The van der Waals surface area contributed by atoms with E-state index in [2.05, 4.69) is 20.5 Å². The summed E-state index contributed by atoms with van der Waals surface area (Å²) >= 11 is 0. The number of aromatic nitrogens is 2. The largest absolute Gasteiger partial charge is 0.467 e. The lowest BCUT2D eigenvalue weighted by molar-refractivity contribution is 0.381. The number of amidine groups is 1. The Labute approximate surface area is 158 Å². The lowest BCUT2D eigenvalue weighted by Gasteiger charge is -2.12. The summed E-state index contributed by atoms with van der Waals surface area (Å²) in [6.45, 7) is 0. The number of rotatable bonds is 6. The van der Waals surface area contributed by atoms with Gasteiger partial charge in [0, 0.05) is 37.0 Å². The predicted octanol–water partition coefficient (Wildman–Crippen LogP) is 2.95.